The minimum Gasteiger partial charge on any atom is -0.497 e. The van der Waals surface area contributed by atoms with Crippen LogP contribution in [-0.4, -0.2) is 45.7 Å². The third-order valence-corrected chi connectivity index (χ3v) is 4.31. The van der Waals surface area contributed by atoms with E-state index in [9.17, 15) is 4.79 Å². The van der Waals surface area contributed by atoms with Gasteiger partial charge in [-0.3, -0.25) is 9.69 Å². The van der Waals surface area contributed by atoms with Crippen LogP contribution in [-0.2, 0) is 11.3 Å². The molecule has 146 valence electrons. The summed E-state index contributed by atoms with van der Waals surface area (Å²) in [5.74, 6) is 2.21. The van der Waals surface area contributed by atoms with E-state index in [1.165, 1.54) is 0 Å². The predicted octanol–water partition coefficient (Wildman–Crippen LogP) is 3.02. The van der Waals surface area contributed by atoms with Crippen LogP contribution in [0.15, 0.2) is 42.5 Å². The fourth-order valence-electron chi connectivity index (χ4n) is 2.89. The third kappa shape index (κ3) is 5.89. The summed E-state index contributed by atoms with van der Waals surface area (Å²) in [5.41, 5.74) is 2.00. The number of methoxy groups -OCH3 is 3. The van der Waals surface area contributed by atoms with Gasteiger partial charge < -0.3 is 19.5 Å². The molecule has 6 heteroatoms. The molecule has 0 heterocycles. The van der Waals surface area contributed by atoms with Crippen LogP contribution in [0, 0.1) is 0 Å². The molecule has 0 unspecified atom stereocenters. The quantitative estimate of drug-likeness (QED) is 0.733. The van der Waals surface area contributed by atoms with Crippen molar-refractivity contribution in [2.75, 3.05) is 34.9 Å². The highest BCUT2D eigenvalue weighted by atomic mass is 16.5. The Bertz CT molecular complexity index is 746. The predicted molar refractivity (Wildman–Crippen MR) is 105 cm³/mol. The van der Waals surface area contributed by atoms with E-state index in [4.69, 9.17) is 14.2 Å². The van der Waals surface area contributed by atoms with Gasteiger partial charge in [-0.25, -0.2) is 0 Å². The van der Waals surface area contributed by atoms with Crippen molar-refractivity contribution in [3.63, 3.8) is 0 Å². The Hall–Kier alpha value is -2.73. The number of hydrogen-bond donors (Lipinski definition) is 1. The summed E-state index contributed by atoms with van der Waals surface area (Å²) in [4.78, 5) is 14.4. The second-order valence-corrected chi connectivity index (χ2v) is 6.42. The van der Waals surface area contributed by atoms with E-state index in [0.717, 1.165) is 28.4 Å². The number of amides is 1. The molecule has 2 rings (SSSR count). The summed E-state index contributed by atoms with van der Waals surface area (Å²) in [6, 6.07) is 13.2. The SMILES string of the molecule is COc1ccc(CN(C)CC(=O)N[C@@H](C)c2cc(OC)ccc2OC)cc1. The molecule has 0 aliphatic heterocycles. The molecular formula is C21H28N2O4. The van der Waals surface area contributed by atoms with Crippen molar-refractivity contribution in [2.45, 2.75) is 19.5 Å². The Morgan fingerprint density at radius 3 is 2.22 bits per heavy atom. The molecule has 1 N–H and O–H groups in total. The van der Waals surface area contributed by atoms with Crippen molar-refractivity contribution < 1.29 is 19.0 Å². The Kier molecular flexibility index (Phi) is 7.49. The maximum atomic E-state index is 12.4. The van der Waals surface area contributed by atoms with Gasteiger partial charge in [-0.1, -0.05) is 12.1 Å². The van der Waals surface area contributed by atoms with Crippen LogP contribution in [0.25, 0.3) is 0 Å². The summed E-state index contributed by atoms with van der Waals surface area (Å²) in [6.07, 6.45) is 0. The lowest BCUT2D eigenvalue weighted by molar-refractivity contribution is -0.122. The van der Waals surface area contributed by atoms with Crippen molar-refractivity contribution in [2.24, 2.45) is 0 Å². The molecule has 1 atom stereocenters. The molecule has 27 heavy (non-hydrogen) atoms. The number of carbonyl (C=O) groups is 1. The number of nitrogens with one attached hydrogen (secondary N) is 1. The van der Waals surface area contributed by atoms with Crippen LogP contribution in [0.5, 0.6) is 17.2 Å². The van der Waals surface area contributed by atoms with Crippen LogP contribution in [0.4, 0.5) is 0 Å². The topological polar surface area (TPSA) is 60.0 Å². The summed E-state index contributed by atoms with van der Waals surface area (Å²) < 4.78 is 15.8. The van der Waals surface area contributed by atoms with Gasteiger partial charge >= 0.3 is 0 Å². The molecule has 2 aromatic carbocycles. The molecule has 6 nitrogen and oxygen atoms in total. The number of likely N-dealkylation sites (N-methyl/N-ethyl adjacent to an activating group) is 1. The lowest BCUT2D eigenvalue weighted by Crippen LogP contribution is -2.36. The van der Waals surface area contributed by atoms with Crippen LogP contribution in [0.3, 0.4) is 0 Å². The first kappa shape index (κ1) is 20.6. The van der Waals surface area contributed by atoms with Crippen LogP contribution < -0.4 is 19.5 Å². The fourth-order valence-corrected chi connectivity index (χ4v) is 2.89. The normalized spacial score (nSPS) is 11.8. The van der Waals surface area contributed by atoms with Gasteiger partial charge in [0.25, 0.3) is 0 Å². The van der Waals surface area contributed by atoms with E-state index in [-0.39, 0.29) is 11.9 Å². The van der Waals surface area contributed by atoms with Gasteiger partial charge in [-0.05, 0) is 49.9 Å². The molecule has 1 amide bonds. The maximum absolute atomic E-state index is 12.4. The molecule has 0 aromatic heterocycles. The Balaban J connectivity index is 1.93. The summed E-state index contributed by atoms with van der Waals surface area (Å²) in [5, 5.41) is 3.02. The first-order chi connectivity index (χ1) is 13.0. The zero-order chi connectivity index (χ0) is 19.8. The van der Waals surface area contributed by atoms with Gasteiger partial charge in [0.05, 0.1) is 33.9 Å². The lowest BCUT2D eigenvalue weighted by Gasteiger charge is -2.21. The summed E-state index contributed by atoms with van der Waals surface area (Å²) in [7, 11) is 6.79. The number of carbonyl (C=O) groups excluding carboxylic acids is 1. The molecule has 0 aliphatic rings. The smallest absolute Gasteiger partial charge is 0.234 e. The molecule has 0 saturated carbocycles. The van der Waals surface area contributed by atoms with Crippen molar-refractivity contribution in [1.82, 2.24) is 10.2 Å². The summed E-state index contributed by atoms with van der Waals surface area (Å²) >= 11 is 0. The van der Waals surface area contributed by atoms with E-state index < -0.39 is 0 Å². The van der Waals surface area contributed by atoms with Gasteiger partial charge in [-0.15, -0.1) is 0 Å². The largest absolute Gasteiger partial charge is 0.497 e. The first-order valence-corrected chi connectivity index (χ1v) is 8.79. The minimum atomic E-state index is -0.197. The lowest BCUT2D eigenvalue weighted by atomic mass is 10.1. The number of hydrogen-bond acceptors (Lipinski definition) is 5. The highest BCUT2D eigenvalue weighted by Gasteiger charge is 2.16. The summed E-state index contributed by atoms with van der Waals surface area (Å²) in [6.45, 7) is 2.90. The van der Waals surface area contributed by atoms with Crippen LogP contribution in [0.1, 0.15) is 24.1 Å². The zero-order valence-corrected chi connectivity index (χ0v) is 16.6. The number of benzene rings is 2. The molecule has 0 bridgehead atoms. The second-order valence-electron chi connectivity index (χ2n) is 6.42. The van der Waals surface area contributed by atoms with Crippen molar-refractivity contribution in [3.8, 4) is 17.2 Å². The highest BCUT2D eigenvalue weighted by Crippen LogP contribution is 2.29. The van der Waals surface area contributed by atoms with Crippen LogP contribution >= 0.6 is 0 Å². The molecule has 0 saturated heterocycles. The van der Waals surface area contributed by atoms with Gasteiger partial charge in [-0.2, -0.15) is 0 Å². The van der Waals surface area contributed by atoms with Crippen molar-refractivity contribution in [1.29, 1.82) is 0 Å². The van der Waals surface area contributed by atoms with Crippen LogP contribution in [0.2, 0.25) is 0 Å². The number of ether oxygens (including phenoxy) is 3. The average molecular weight is 372 g/mol. The standard InChI is InChI=1S/C21H28N2O4/c1-15(19-12-18(26-4)10-11-20(19)27-5)22-21(24)14-23(2)13-16-6-8-17(25-3)9-7-16/h6-12,15H,13-14H2,1-5H3,(H,22,24)/t15-/m0/s1. The second kappa shape index (κ2) is 9.83. The van der Waals surface area contributed by atoms with E-state index in [1.807, 2.05) is 61.3 Å². The van der Waals surface area contributed by atoms with E-state index in [1.54, 1.807) is 21.3 Å². The highest BCUT2D eigenvalue weighted by molar-refractivity contribution is 5.78. The Labute approximate surface area is 161 Å². The molecule has 0 aliphatic carbocycles. The number of nitrogens with zero attached hydrogens (tertiary/aromatic N) is 1. The third-order valence-electron chi connectivity index (χ3n) is 4.31. The molecule has 0 fully saturated rings. The Morgan fingerprint density at radius 2 is 1.63 bits per heavy atom. The van der Waals surface area contributed by atoms with Gasteiger partial charge in [0.15, 0.2) is 0 Å². The van der Waals surface area contributed by atoms with E-state index >= 15 is 0 Å². The minimum absolute atomic E-state index is 0.0524. The number of rotatable bonds is 9. The monoisotopic (exact) mass is 372 g/mol. The van der Waals surface area contributed by atoms with Gasteiger partial charge in [0.1, 0.15) is 17.2 Å². The average Bonchev–Trinajstić information content (AvgIpc) is 2.67. The fraction of sp³-hybridized carbons (Fsp3) is 0.381. The van der Waals surface area contributed by atoms with Crippen molar-refractivity contribution in [3.05, 3.63) is 53.6 Å². The van der Waals surface area contributed by atoms with Crippen molar-refractivity contribution >= 4 is 5.91 Å². The van der Waals surface area contributed by atoms with E-state index in [0.29, 0.717) is 13.1 Å². The molecule has 0 spiro atoms. The van der Waals surface area contributed by atoms with Gasteiger partial charge in [0, 0.05) is 12.1 Å². The molecular weight excluding hydrogens is 344 g/mol. The van der Waals surface area contributed by atoms with Gasteiger partial charge in [0.2, 0.25) is 5.91 Å². The zero-order valence-electron chi connectivity index (χ0n) is 16.6. The molecule has 2 aromatic rings. The first-order valence-electron chi connectivity index (χ1n) is 8.79. The Morgan fingerprint density at radius 1 is 1.00 bits per heavy atom. The maximum Gasteiger partial charge on any atom is 0.234 e. The van der Waals surface area contributed by atoms with E-state index in [2.05, 4.69) is 5.32 Å². The molecule has 0 radical (unpaired) electrons.